The number of amides is 1. The summed E-state index contributed by atoms with van der Waals surface area (Å²) in [4.78, 5) is 15.2. The average Bonchev–Trinajstić information content (AvgIpc) is 2.72. The summed E-state index contributed by atoms with van der Waals surface area (Å²) < 4.78 is 33.5. The second kappa shape index (κ2) is 9.09. The Hall–Kier alpha value is -3.87. The molecule has 1 fully saturated rings. The molecule has 0 unspecified atom stereocenters. The summed E-state index contributed by atoms with van der Waals surface area (Å²) in [5, 5.41) is 18.3. The molecule has 1 aliphatic rings. The number of carbonyl (C=O) groups is 1. The van der Waals surface area contributed by atoms with Crippen LogP contribution in [-0.4, -0.2) is 38.2 Å². The first-order chi connectivity index (χ1) is 14.4. The van der Waals surface area contributed by atoms with Gasteiger partial charge in [-0.3, -0.25) is 10.7 Å². The van der Waals surface area contributed by atoms with E-state index in [1.54, 1.807) is 11.0 Å². The van der Waals surface area contributed by atoms with Crippen molar-refractivity contribution >= 4 is 23.4 Å². The molecule has 4 N–H and O–H groups in total. The van der Waals surface area contributed by atoms with Crippen LogP contribution < -0.4 is 20.9 Å². The van der Waals surface area contributed by atoms with Crippen LogP contribution in [0.3, 0.4) is 0 Å². The minimum Gasteiger partial charge on any atom is -0.444 e. The van der Waals surface area contributed by atoms with E-state index >= 15 is 4.39 Å². The van der Waals surface area contributed by atoms with Crippen LogP contribution in [0.1, 0.15) is 11.1 Å². The SMILES string of the molecule is N#Cc1ccc(COC(=O)NC(=N)N)c(F)c1N1CCN(c2cccc(F)c2)CC1. The lowest BCUT2D eigenvalue weighted by molar-refractivity contribution is 0.143. The highest BCUT2D eigenvalue weighted by Crippen LogP contribution is 2.29. The molecule has 30 heavy (non-hydrogen) atoms. The summed E-state index contributed by atoms with van der Waals surface area (Å²) >= 11 is 0. The molecule has 10 heteroatoms. The monoisotopic (exact) mass is 414 g/mol. The predicted molar refractivity (Wildman–Crippen MR) is 107 cm³/mol. The fourth-order valence-corrected chi connectivity index (χ4v) is 3.27. The summed E-state index contributed by atoms with van der Waals surface area (Å²) in [5.74, 6) is -1.56. The number of nitrogens with zero attached hydrogens (tertiary/aromatic N) is 3. The lowest BCUT2D eigenvalue weighted by Crippen LogP contribution is -2.47. The van der Waals surface area contributed by atoms with Crippen LogP contribution in [0.5, 0.6) is 0 Å². The number of carbonyl (C=O) groups excluding carboxylic acids is 1. The maximum absolute atomic E-state index is 15.2. The molecular formula is C20H20F2N6O2. The Morgan fingerprint density at radius 3 is 2.53 bits per heavy atom. The molecule has 1 saturated heterocycles. The van der Waals surface area contributed by atoms with Crippen LogP contribution >= 0.6 is 0 Å². The van der Waals surface area contributed by atoms with Crippen molar-refractivity contribution in [1.29, 1.82) is 10.7 Å². The van der Waals surface area contributed by atoms with Crippen LogP contribution in [0.15, 0.2) is 36.4 Å². The second-order valence-corrected chi connectivity index (χ2v) is 6.62. The Morgan fingerprint density at radius 1 is 1.20 bits per heavy atom. The van der Waals surface area contributed by atoms with Gasteiger partial charge in [-0.2, -0.15) is 5.26 Å². The third-order valence-electron chi connectivity index (χ3n) is 4.68. The van der Waals surface area contributed by atoms with Gasteiger partial charge in [0.05, 0.1) is 11.3 Å². The highest BCUT2D eigenvalue weighted by molar-refractivity contribution is 5.90. The number of nitriles is 1. The number of ether oxygens (including phenoxy) is 1. The lowest BCUT2D eigenvalue weighted by Gasteiger charge is -2.38. The third-order valence-corrected chi connectivity index (χ3v) is 4.68. The van der Waals surface area contributed by atoms with Gasteiger partial charge in [0.2, 0.25) is 0 Å². The van der Waals surface area contributed by atoms with E-state index in [4.69, 9.17) is 15.9 Å². The first kappa shape index (κ1) is 20.9. The van der Waals surface area contributed by atoms with Crippen LogP contribution in [0, 0.1) is 28.4 Å². The van der Waals surface area contributed by atoms with Crippen molar-refractivity contribution in [2.75, 3.05) is 36.0 Å². The number of hydrogen-bond donors (Lipinski definition) is 3. The van der Waals surface area contributed by atoms with E-state index in [2.05, 4.69) is 0 Å². The van der Waals surface area contributed by atoms with Crippen LogP contribution in [0.4, 0.5) is 25.0 Å². The molecule has 1 heterocycles. The zero-order valence-electron chi connectivity index (χ0n) is 16.0. The minimum absolute atomic E-state index is 0.0928. The zero-order valence-corrected chi connectivity index (χ0v) is 16.0. The van der Waals surface area contributed by atoms with Crippen molar-refractivity contribution < 1.29 is 18.3 Å². The van der Waals surface area contributed by atoms with Gasteiger partial charge < -0.3 is 20.3 Å². The summed E-state index contributed by atoms with van der Waals surface area (Å²) in [5.41, 5.74) is 6.19. The third kappa shape index (κ3) is 4.75. The average molecular weight is 414 g/mol. The van der Waals surface area contributed by atoms with Gasteiger partial charge in [0.1, 0.15) is 18.5 Å². The van der Waals surface area contributed by atoms with Gasteiger partial charge in [-0.1, -0.05) is 12.1 Å². The molecule has 0 aromatic heterocycles. The molecule has 1 aliphatic heterocycles. The Kier molecular flexibility index (Phi) is 6.32. The molecular weight excluding hydrogens is 394 g/mol. The molecule has 0 saturated carbocycles. The normalized spacial score (nSPS) is 13.5. The van der Waals surface area contributed by atoms with Gasteiger partial charge in [-0.15, -0.1) is 0 Å². The number of alkyl carbamates (subject to hydrolysis) is 1. The fourth-order valence-electron chi connectivity index (χ4n) is 3.27. The van der Waals surface area contributed by atoms with Crippen LogP contribution in [-0.2, 0) is 11.3 Å². The maximum Gasteiger partial charge on any atom is 0.414 e. The minimum atomic E-state index is -0.975. The molecule has 2 aromatic carbocycles. The number of benzene rings is 2. The first-order valence-corrected chi connectivity index (χ1v) is 9.13. The maximum atomic E-state index is 15.2. The van der Waals surface area contributed by atoms with Crippen molar-refractivity contribution in [2.24, 2.45) is 5.73 Å². The van der Waals surface area contributed by atoms with Crippen molar-refractivity contribution in [2.45, 2.75) is 6.61 Å². The van der Waals surface area contributed by atoms with Gasteiger partial charge in [0, 0.05) is 37.4 Å². The molecule has 156 valence electrons. The quantitative estimate of drug-likeness (QED) is 0.522. The molecule has 2 aromatic rings. The van der Waals surface area contributed by atoms with Gasteiger partial charge >= 0.3 is 6.09 Å². The second-order valence-electron chi connectivity index (χ2n) is 6.62. The highest BCUT2D eigenvalue weighted by atomic mass is 19.1. The largest absolute Gasteiger partial charge is 0.444 e. The van der Waals surface area contributed by atoms with E-state index in [1.165, 1.54) is 24.3 Å². The van der Waals surface area contributed by atoms with E-state index in [-0.39, 0.29) is 29.2 Å². The smallest absolute Gasteiger partial charge is 0.414 e. The number of nitrogens with one attached hydrogen (secondary N) is 2. The Morgan fingerprint density at radius 2 is 1.90 bits per heavy atom. The number of rotatable bonds is 4. The summed E-state index contributed by atoms with van der Waals surface area (Å²) in [6.45, 7) is 1.52. The van der Waals surface area contributed by atoms with Crippen molar-refractivity contribution in [3.05, 3.63) is 59.2 Å². The predicted octanol–water partition coefficient (Wildman–Crippen LogP) is 2.28. The van der Waals surface area contributed by atoms with Gasteiger partial charge in [-0.25, -0.2) is 13.6 Å². The Labute approximate surface area is 171 Å². The van der Waals surface area contributed by atoms with Gasteiger partial charge in [0.25, 0.3) is 0 Å². The van der Waals surface area contributed by atoms with Gasteiger partial charge in [-0.05, 0) is 24.3 Å². The highest BCUT2D eigenvalue weighted by Gasteiger charge is 2.24. The number of piperazine rings is 1. The van der Waals surface area contributed by atoms with Crippen LogP contribution in [0.25, 0.3) is 0 Å². The molecule has 8 nitrogen and oxygen atoms in total. The zero-order chi connectivity index (χ0) is 21.7. The molecule has 0 aliphatic carbocycles. The molecule has 0 spiro atoms. The fraction of sp³-hybridized carbons (Fsp3) is 0.250. The lowest BCUT2D eigenvalue weighted by atomic mass is 10.1. The molecule has 0 radical (unpaired) electrons. The summed E-state index contributed by atoms with van der Waals surface area (Å²) in [7, 11) is 0. The van der Waals surface area contributed by atoms with Crippen molar-refractivity contribution in [3.63, 3.8) is 0 Å². The standard InChI is InChI=1S/C20H20F2N6O2/c21-15-2-1-3-16(10-15)27-6-8-28(9-7-27)18-13(11-23)4-5-14(17(18)22)12-30-20(29)26-19(24)25/h1-5,10H,6-9,12H2,(H4,24,25,26,29). The first-order valence-electron chi connectivity index (χ1n) is 9.13. The molecule has 0 bridgehead atoms. The van der Waals surface area contributed by atoms with E-state index in [0.29, 0.717) is 26.2 Å². The molecule has 0 atom stereocenters. The molecule has 3 rings (SSSR count). The van der Waals surface area contributed by atoms with Crippen molar-refractivity contribution in [1.82, 2.24) is 5.32 Å². The molecule has 1 amide bonds. The Balaban J connectivity index is 1.74. The number of halogens is 2. The van der Waals surface area contributed by atoms with E-state index in [0.717, 1.165) is 5.69 Å². The number of guanidine groups is 1. The van der Waals surface area contributed by atoms with Crippen LogP contribution in [0.2, 0.25) is 0 Å². The van der Waals surface area contributed by atoms with Crippen molar-refractivity contribution in [3.8, 4) is 6.07 Å². The van der Waals surface area contributed by atoms with E-state index in [9.17, 15) is 14.4 Å². The number of anilines is 2. The summed E-state index contributed by atoms with van der Waals surface area (Å²) in [6, 6.07) is 11.1. The van der Waals surface area contributed by atoms with Gasteiger partial charge in [0.15, 0.2) is 11.8 Å². The van der Waals surface area contributed by atoms with E-state index < -0.39 is 17.9 Å². The van der Waals surface area contributed by atoms with E-state index in [1.807, 2.05) is 22.4 Å². The summed E-state index contributed by atoms with van der Waals surface area (Å²) in [6.07, 6.45) is -0.975. The topological polar surface area (TPSA) is 118 Å². The number of hydrogen-bond acceptors (Lipinski definition) is 6. The Bertz CT molecular complexity index is 999. The number of nitrogens with two attached hydrogens (primary N) is 1.